The lowest BCUT2D eigenvalue weighted by molar-refractivity contribution is 0.474. The predicted molar refractivity (Wildman–Crippen MR) is 77.4 cm³/mol. The largest absolute Gasteiger partial charge is 0.508 e. The van der Waals surface area contributed by atoms with Crippen LogP contribution in [0.2, 0.25) is 0 Å². The van der Waals surface area contributed by atoms with Crippen molar-refractivity contribution in [2.24, 2.45) is 0 Å². The molecular weight excluding hydrogens is 252 g/mol. The summed E-state index contributed by atoms with van der Waals surface area (Å²) in [6, 6.07) is 15.1. The van der Waals surface area contributed by atoms with Crippen molar-refractivity contribution < 1.29 is 9.52 Å². The van der Waals surface area contributed by atoms with Gasteiger partial charge in [-0.1, -0.05) is 12.1 Å². The molecule has 100 valence electrons. The second-order valence-corrected chi connectivity index (χ2v) is 4.47. The van der Waals surface area contributed by atoms with Gasteiger partial charge in [0.1, 0.15) is 5.75 Å². The summed E-state index contributed by atoms with van der Waals surface area (Å²) in [4.78, 5) is 3.90. The molecule has 3 rings (SSSR count). The van der Waals surface area contributed by atoms with Crippen molar-refractivity contribution in [2.45, 2.75) is 6.54 Å². The lowest BCUT2D eigenvalue weighted by Gasteiger charge is -2.07. The van der Waals surface area contributed by atoms with Crippen molar-refractivity contribution >= 4 is 5.69 Å². The Hall–Kier alpha value is -2.75. The van der Waals surface area contributed by atoms with Gasteiger partial charge in [-0.05, 0) is 42.0 Å². The number of nitrogens with one attached hydrogen (secondary N) is 1. The van der Waals surface area contributed by atoms with Gasteiger partial charge in [0.2, 0.25) is 0 Å². The van der Waals surface area contributed by atoms with E-state index in [1.54, 1.807) is 18.3 Å². The normalized spacial score (nSPS) is 10.4. The number of anilines is 1. The second kappa shape index (κ2) is 5.48. The molecule has 0 aliphatic heterocycles. The van der Waals surface area contributed by atoms with E-state index in [1.807, 2.05) is 36.4 Å². The summed E-state index contributed by atoms with van der Waals surface area (Å²) in [5.41, 5.74) is 3.03. The molecule has 1 aromatic heterocycles. The molecular formula is C16H14N2O2. The molecule has 1 heterocycles. The van der Waals surface area contributed by atoms with Crippen LogP contribution >= 0.6 is 0 Å². The van der Waals surface area contributed by atoms with Gasteiger partial charge in [0, 0.05) is 17.8 Å². The summed E-state index contributed by atoms with van der Waals surface area (Å²) < 4.78 is 5.24. The molecule has 0 saturated heterocycles. The third-order valence-corrected chi connectivity index (χ3v) is 3.01. The van der Waals surface area contributed by atoms with Crippen LogP contribution in [-0.2, 0) is 6.54 Å². The van der Waals surface area contributed by atoms with E-state index < -0.39 is 0 Å². The van der Waals surface area contributed by atoms with Crippen molar-refractivity contribution in [3.63, 3.8) is 0 Å². The van der Waals surface area contributed by atoms with E-state index in [0.717, 1.165) is 22.6 Å². The van der Waals surface area contributed by atoms with Gasteiger partial charge in [-0.25, -0.2) is 4.98 Å². The zero-order valence-electron chi connectivity index (χ0n) is 10.8. The maximum atomic E-state index is 9.41. The van der Waals surface area contributed by atoms with Crippen LogP contribution in [0.5, 0.6) is 5.75 Å². The molecule has 2 N–H and O–H groups in total. The predicted octanol–water partition coefficient (Wildman–Crippen LogP) is 3.66. The van der Waals surface area contributed by atoms with Gasteiger partial charge >= 0.3 is 0 Å². The number of benzene rings is 2. The quantitative estimate of drug-likeness (QED) is 0.756. The fraction of sp³-hybridized carbons (Fsp3) is 0.0625. The highest BCUT2D eigenvalue weighted by Gasteiger charge is 2.01. The number of oxazole rings is 1. The maximum absolute atomic E-state index is 9.41. The maximum Gasteiger partial charge on any atom is 0.181 e. The van der Waals surface area contributed by atoms with Crippen LogP contribution in [0.1, 0.15) is 5.56 Å². The Balaban J connectivity index is 1.67. The van der Waals surface area contributed by atoms with E-state index in [2.05, 4.69) is 10.3 Å². The zero-order chi connectivity index (χ0) is 13.8. The first-order chi connectivity index (χ1) is 9.81. The fourth-order valence-corrected chi connectivity index (χ4v) is 1.98. The van der Waals surface area contributed by atoms with E-state index in [1.165, 1.54) is 6.39 Å². The zero-order valence-corrected chi connectivity index (χ0v) is 10.8. The molecule has 3 aromatic rings. The number of phenols is 1. The molecule has 0 aliphatic carbocycles. The number of hydrogen-bond acceptors (Lipinski definition) is 4. The van der Waals surface area contributed by atoms with Crippen LogP contribution in [0.25, 0.3) is 11.3 Å². The molecule has 0 bridgehead atoms. The average molecular weight is 266 g/mol. The van der Waals surface area contributed by atoms with Gasteiger partial charge in [-0.3, -0.25) is 0 Å². The molecule has 0 unspecified atom stereocenters. The molecule has 0 amide bonds. The summed E-state index contributed by atoms with van der Waals surface area (Å²) in [5, 5.41) is 12.7. The summed E-state index contributed by atoms with van der Waals surface area (Å²) >= 11 is 0. The van der Waals surface area contributed by atoms with E-state index in [0.29, 0.717) is 6.54 Å². The number of hydrogen-bond donors (Lipinski definition) is 2. The summed E-state index contributed by atoms with van der Waals surface area (Å²) in [5.74, 6) is 1.04. The number of aromatic hydroxyl groups is 1. The summed E-state index contributed by atoms with van der Waals surface area (Å²) in [7, 11) is 0. The smallest absolute Gasteiger partial charge is 0.181 e. The van der Waals surface area contributed by atoms with Crippen LogP contribution < -0.4 is 5.32 Å². The number of nitrogens with zero attached hydrogens (tertiary/aromatic N) is 1. The van der Waals surface area contributed by atoms with Crippen molar-refractivity contribution in [1.82, 2.24) is 4.98 Å². The monoisotopic (exact) mass is 266 g/mol. The first-order valence-electron chi connectivity index (χ1n) is 6.32. The van der Waals surface area contributed by atoms with E-state index in [9.17, 15) is 5.11 Å². The summed E-state index contributed by atoms with van der Waals surface area (Å²) in [6.45, 7) is 0.663. The third kappa shape index (κ3) is 2.80. The molecule has 0 spiro atoms. The highest BCUT2D eigenvalue weighted by Crippen LogP contribution is 2.21. The Bertz CT molecular complexity index is 676. The molecule has 0 aliphatic rings. The van der Waals surface area contributed by atoms with Crippen LogP contribution in [-0.4, -0.2) is 10.1 Å². The van der Waals surface area contributed by atoms with Crippen molar-refractivity contribution in [3.8, 4) is 17.1 Å². The Morgan fingerprint density at radius 2 is 1.95 bits per heavy atom. The average Bonchev–Trinajstić information content (AvgIpc) is 3.00. The third-order valence-electron chi connectivity index (χ3n) is 3.01. The first kappa shape index (κ1) is 12.3. The lowest BCUT2D eigenvalue weighted by atomic mass is 10.1. The van der Waals surface area contributed by atoms with Crippen molar-refractivity contribution in [2.75, 3.05) is 5.32 Å². The molecule has 2 aromatic carbocycles. The summed E-state index contributed by atoms with van der Waals surface area (Å²) in [6.07, 6.45) is 3.11. The molecule has 20 heavy (non-hydrogen) atoms. The molecule has 4 heteroatoms. The van der Waals surface area contributed by atoms with E-state index in [-0.39, 0.29) is 5.75 Å². The van der Waals surface area contributed by atoms with Gasteiger partial charge in [0.15, 0.2) is 12.2 Å². The minimum Gasteiger partial charge on any atom is -0.508 e. The fourth-order valence-electron chi connectivity index (χ4n) is 1.98. The van der Waals surface area contributed by atoms with Crippen LogP contribution in [0.4, 0.5) is 5.69 Å². The molecule has 0 radical (unpaired) electrons. The van der Waals surface area contributed by atoms with Gasteiger partial charge in [0.05, 0.1) is 6.20 Å². The van der Waals surface area contributed by atoms with Crippen LogP contribution in [0.15, 0.2) is 65.5 Å². The number of rotatable bonds is 4. The van der Waals surface area contributed by atoms with Crippen molar-refractivity contribution in [1.29, 1.82) is 0 Å². The highest BCUT2D eigenvalue weighted by molar-refractivity contribution is 5.60. The van der Waals surface area contributed by atoms with Gasteiger partial charge in [-0.15, -0.1) is 0 Å². The van der Waals surface area contributed by atoms with Crippen LogP contribution in [0, 0.1) is 0 Å². The molecule has 0 saturated carbocycles. The van der Waals surface area contributed by atoms with Gasteiger partial charge in [0.25, 0.3) is 0 Å². The SMILES string of the molecule is Oc1cccc(CNc2ccc(-c3cnco3)cc2)c1. The van der Waals surface area contributed by atoms with Crippen LogP contribution in [0.3, 0.4) is 0 Å². The minimum absolute atomic E-state index is 0.282. The highest BCUT2D eigenvalue weighted by atomic mass is 16.3. The number of aromatic nitrogens is 1. The Morgan fingerprint density at radius 1 is 1.10 bits per heavy atom. The topological polar surface area (TPSA) is 58.3 Å². The Morgan fingerprint density at radius 3 is 2.65 bits per heavy atom. The Labute approximate surface area is 116 Å². The first-order valence-corrected chi connectivity index (χ1v) is 6.32. The lowest BCUT2D eigenvalue weighted by Crippen LogP contribution is -1.98. The number of phenolic OH excluding ortho intramolecular Hbond substituents is 1. The minimum atomic E-state index is 0.282. The molecule has 0 fully saturated rings. The standard InChI is InChI=1S/C16H14N2O2/c19-15-3-1-2-12(8-15)9-18-14-6-4-13(5-7-14)16-10-17-11-20-16/h1-8,10-11,18-19H,9H2. The van der Waals surface area contributed by atoms with E-state index >= 15 is 0 Å². The molecule has 0 atom stereocenters. The Kier molecular flexibility index (Phi) is 3.37. The van der Waals surface area contributed by atoms with Crippen molar-refractivity contribution in [3.05, 3.63) is 66.7 Å². The second-order valence-electron chi connectivity index (χ2n) is 4.47. The van der Waals surface area contributed by atoms with E-state index in [4.69, 9.17) is 4.42 Å². The van der Waals surface area contributed by atoms with Gasteiger partial charge < -0.3 is 14.8 Å². The molecule has 4 nitrogen and oxygen atoms in total. The van der Waals surface area contributed by atoms with Gasteiger partial charge in [-0.2, -0.15) is 0 Å².